The number of likely N-dealkylation sites (tertiary alicyclic amines) is 1. The Morgan fingerprint density at radius 3 is 2.73 bits per heavy atom. The van der Waals surface area contributed by atoms with E-state index >= 15 is 0 Å². The Morgan fingerprint density at radius 1 is 1.31 bits per heavy atom. The predicted molar refractivity (Wildman–Crippen MR) is 103 cm³/mol. The number of ether oxygens (including phenoxy) is 1. The summed E-state index contributed by atoms with van der Waals surface area (Å²) in [7, 11) is 1.65. The Bertz CT molecular complexity index is 744. The van der Waals surface area contributed by atoms with Crippen LogP contribution in [0, 0.1) is 5.92 Å². The Labute approximate surface area is 158 Å². The van der Waals surface area contributed by atoms with Gasteiger partial charge in [-0.3, -0.25) is 4.79 Å². The number of rotatable bonds is 6. The monoisotopic (exact) mass is 374 g/mol. The molecule has 0 spiro atoms. The van der Waals surface area contributed by atoms with Gasteiger partial charge in [0, 0.05) is 25.2 Å². The number of amides is 1. The molecule has 0 N–H and O–H groups in total. The minimum atomic E-state index is 0.193. The zero-order valence-electron chi connectivity index (χ0n) is 15.6. The summed E-state index contributed by atoms with van der Waals surface area (Å²) in [5.74, 6) is 2.83. The van der Waals surface area contributed by atoms with Gasteiger partial charge in [0.15, 0.2) is 11.0 Å². The maximum absolute atomic E-state index is 12.5. The number of thioether (sulfide) groups is 1. The van der Waals surface area contributed by atoms with Crippen molar-refractivity contribution in [3.05, 3.63) is 24.3 Å². The van der Waals surface area contributed by atoms with E-state index in [1.54, 1.807) is 7.11 Å². The number of benzene rings is 1. The second-order valence-electron chi connectivity index (χ2n) is 6.65. The van der Waals surface area contributed by atoms with Crippen LogP contribution in [0.4, 0.5) is 0 Å². The van der Waals surface area contributed by atoms with Gasteiger partial charge < -0.3 is 14.2 Å². The van der Waals surface area contributed by atoms with Crippen LogP contribution in [-0.2, 0) is 11.3 Å². The first-order chi connectivity index (χ1) is 12.6. The van der Waals surface area contributed by atoms with Crippen LogP contribution in [0.25, 0.3) is 11.4 Å². The van der Waals surface area contributed by atoms with Crippen LogP contribution in [0.3, 0.4) is 0 Å². The number of methoxy groups -OCH3 is 1. The molecule has 3 rings (SSSR count). The Kier molecular flexibility index (Phi) is 6.19. The van der Waals surface area contributed by atoms with Crippen molar-refractivity contribution >= 4 is 17.7 Å². The van der Waals surface area contributed by atoms with E-state index in [1.807, 2.05) is 29.2 Å². The van der Waals surface area contributed by atoms with E-state index < -0.39 is 0 Å². The molecule has 0 aliphatic carbocycles. The van der Waals surface area contributed by atoms with Crippen LogP contribution in [-0.4, -0.2) is 51.5 Å². The maximum Gasteiger partial charge on any atom is 0.233 e. The Morgan fingerprint density at radius 2 is 2.08 bits per heavy atom. The minimum absolute atomic E-state index is 0.193. The van der Waals surface area contributed by atoms with Crippen LogP contribution in [0.1, 0.15) is 26.7 Å². The van der Waals surface area contributed by atoms with Gasteiger partial charge in [0.05, 0.1) is 12.9 Å². The average molecular weight is 375 g/mol. The summed E-state index contributed by atoms with van der Waals surface area (Å²) in [5, 5.41) is 9.44. The SMILES string of the molecule is CCn1c(SCC(=O)N2CCC[C@H](C)C2)nnc1-c1ccc(OC)cc1. The van der Waals surface area contributed by atoms with Crippen molar-refractivity contribution in [3.63, 3.8) is 0 Å². The predicted octanol–water partition coefficient (Wildman–Crippen LogP) is 3.32. The lowest BCUT2D eigenvalue weighted by Crippen LogP contribution is -2.40. The molecule has 1 aliphatic rings. The number of piperidine rings is 1. The van der Waals surface area contributed by atoms with Gasteiger partial charge in [-0.1, -0.05) is 18.7 Å². The lowest BCUT2D eigenvalue weighted by molar-refractivity contribution is -0.130. The normalized spacial score (nSPS) is 17.3. The number of carbonyl (C=O) groups excluding carboxylic acids is 1. The summed E-state index contributed by atoms with van der Waals surface area (Å²) in [5.41, 5.74) is 0.989. The summed E-state index contributed by atoms with van der Waals surface area (Å²) in [6.45, 7) is 6.78. The molecule has 0 bridgehead atoms. The Balaban J connectivity index is 1.68. The van der Waals surface area contributed by atoms with Crippen molar-refractivity contribution < 1.29 is 9.53 Å². The molecule has 0 saturated carbocycles. The summed E-state index contributed by atoms with van der Waals surface area (Å²) in [6.07, 6.45) is 2.32. The lowest BCUT2D eigenvalue weighted by atomic mass is 10.0. The van der Waals surface area contributed by atoms with E-state index in [0.29, 0.717) is 11.7 Å². The molecule has 1 aromatic heterocycles. The molecule has 2 aromatic rings. The fourth-order valence-electron chi connectivity index (χ4n) is 3.27. The summed E-state index contributed by atoms with van der Waals surface area (Å²) < 4.78 is 7.26. The zero-order valence-corrected chi connectivity index (χ0v) is 16.5. The molecule has 6 nitrogen and oxygen atoms in total. The van der Waals surface area contributed by atoms with Gasteiger partial charge in [0.2, 0.25) is 5.91 Å². The first-order valence-electron chi connectivity index (χ1n) is 9.10. The molecule has 2 heterocycles. The van der Waals surface area contributed by atoms with Gasteiger partial charge in [-0.05, 0) is 49.9 Å². The second-order valence-corrected chi connectivity index (χ2v) is 7.60. The van der Waals surface area contributed by atoms with Crippen molar-refractivity contribution in [1.82, 2.24) is 19.7 Å². The third-order valence-electron chi connectivity index (χ3n) is 4.72. The van der Waals surface area contributed by atoms with E-state index in [4.69, 9.17) is 4.74 Å². The van der Waals surface area contributed by atoms with Crippen LogP contribution >= 0.6 is 11.8 Å². The third-order valence-corrected chi connectivity index (χ3v) is 5.67. The largest absolute Gasteiger partial charge is 0.497 e. The number of nitrogens with zero attached hydrogens (tertiary/aromatic N) is 4. The summed E-state index contributed by atoms with van der Waals surface area (Å²) in [6, 6.07) is 7.78. The van der Waals surface area contributed by atoms with Crippen molar-refractivity contribution in [2.45, 2.75) is 38.4 Å². The molecule has 1 fully saturated rings. The Hall–Kier alpha value is -2.02. The lowest BCUT2D eigenvalue weighted by Gasteiger charge is -2.30. The standard InChI is InChI=1S/C19H26N4O2S/c1-4-23-18(15-7-9-16(25-3)10-8-15)20-21-19(23)26-13-17(24)22-11-5-6-14(2)12-22/h7-10,14H,4-6,11-13H2,1-3H3/t14-/m0/s1. The molecule has 1 aliphatic heterocycles. The van der Waals surface area contributed by atoms with E-state index in [9.17, 15) is 4.79 Å². The molecule has 0 unspecified atom stereocenters. The first-order valence-corrected chi connectivity index (χ1v) is 10.1. The van der Waals surface area contributed by atoms with Crippen molar-refractivity contribution in [2.75, 3.05) is 26.0 Å². The fraction of sp³-hybridized carbons (Fsp3) is 0.526. The van der Waals surface area contributed by atoms with E-state index in [1.165, 1.54) is 18.2 Å². The average Bonchev–Trinajstić information content (AvgIpc) is 3.09. The molecule has 26 heavy (non-hydrogen) atoms. The second kappa shape index (κ2) is 8.58. The van der Waals surface area contributed by atoms with E-state index in [-0.39, 0.29) is 5.91 Å². The zero-order chi connectivity index (χ0) is 18.5. The topological polar surface area (TPSA) is 60.2 Å². The molecule has 1 atom stereocenters. The number of hydrogen-bond acceptors (Lipinski definition) is 5. The minimum Gasteiger partial charge on any atom is -0.497 e. The van der Waals surface area contributed by atoms with Crippen LogP contribution < -0.4 is 4.74 Å². The smallest absolute Gasteiger partial charge is 0.233 e. The van der Waals surface area contributed by atoms with Gasteiger partial charge in [0.25, 0.3) is 0 Å². The van der Waals surface area contributed by atoms with Gasteiger partial charge in [0.1, 0.15) is 5.75 Å². The highest BCUT2D eigenvalue weighted by molar-refractivity contribution is 7.99. The van der Waals surface area contributed by atoms with Gasteiger partial charge in [-0.25, -0.2) is 0 Å². The molecular formula is C19H26N4O2S. The van der Waals surface area contributed by atoms with Crippen molar-refractivity contribution in [3.8, 4) is 17.1 Å². The highest BCUT2D eigenvalue weighted by atomic mass is 32.2. The van der Waals surface area contributed by atoms with Crippen LogP contribution in [0.5, 0.6) is 5.75 Å². The number of hydrogen-bond donors (Lipinski definition) is 0. The van der Waals surface area contributed by atoms with Gasteiger partial charge in [-0.2, -0.15) is 0 Å². The highest BCUT2D eigenvalue weighted by Crippen LogP contribution is 2.26. The first kappa shape index (κ1) is 18.8. The van der Waals surface area contributed by atoms with E-state index in [0.717, 1.165) is 48.3 Å². The maximum atomic E-state index is 12.5. The van der Waals surface area contributed by atoms with Gasteiger partial charge >= 0.3 is 0 Å². The summed E-state index contributed by atoms with van der Waals surface area (Å²) in [4.78, 5) is 14.5. The fourth-order valence-corrected chi connectivity index (χ4v) is 4.17. The molecule has 1 amide bonds. The van der Waals surface area contributed by atoms with Crippen molar-refractivity contribution in [2.24, 2.45) is 5.92 Å². The molecule has 1 saturated heterocycles. The molecule has 1 aromatic carbocycles. The molecule has 7 heteroatoms. The molecular weight excluding hydrogens is 348 g/mol. The van der Waals surface area contributed by atoms with Crippen molar-refractivity contribution in [1.29, 1.82) is 0 Å². The molecule has 140 valence electrons. The molecule has 0 radical (unpaired) electrons. The van der Waals surface area contributed by atoms with E-state index in [2.05, 4.69) is 28.6 Å². The number of aromatic nitrogens is 3. The highest BCUT2D eigenvalue weighted by Gasteiger charge is 2.22. The van der Waals surface area contributed by atoms with Crippen LogP contribution in [0.15, 0.2) is 29.4 Å². The summed E-state index contributed by atoms with van der Waals surface area (Å²) >= 11 is 1.47. The number of carbonyl (C=O) groups is 1. The third kappa shape index (κ3) is 4.20. The quantitative estimate of drug-likeness (QED) is 0.726. The van der Waals surface area contributed by atoms with Gasteiger partial charge in [-0.15, -0.1) is 10.2 Å². The van der Waals surface area contributed by atoms with Crippen LogP contribution in [0.2, 0.25) is 0 Å².